The molecule has 0 radical (unpaired) electrons. The number of hydrogen-bond acceptors (Lipinski definition) is 2. The van der Waals surface area contributed by atoms with Crippen LogP contribution in [-0.4, -0.2) is 6.54 Å². The molecule has 0 amide bonds. The largest absolute Gasteiger partial charge is 0.384 e. The van der Waals surface area contributed by atoms with Crippen LogP contribution in [-0.2, 0) is 0 Å². The highest BCUT2D eigenvalue weighted by molar-refractivity contribution is 6.30. The van der Waals surface area contributed by atoms with Gasteiger partial charge in [0.2, 0.25) is 0 Å². The highest BCUT2D eigenvalue weighted by Crippen LogP contribution is 2.15. The molecule has 14 heavy (non-hydrogen) atoms. The van der Waals surface area contributed by atoms with Crippen molar-refractivity contribution in [3.05, 3.63) is 29.3 Å². The summed E-state index contributed by atoms with van der Waals surface area (Å²) in [5, 5.41) is 12.6. The molecule has 1 atom stereocenters. The molecule has 0 aliphatic heterocycles. The first kappa shape index (κ1) is 10.9. The van der Waals surface area contributed by atoms with E-state index in [0.717, 1.165) is 12.1 Å². The summed E-state index contributed by atoms with van der Waals surface area (Å²) in [4.78, 5) is 0. The van der Waals surface area contributed by atoms with Gasteiger partial charge in [-0.25, -0.2) is 0 Å². The van der Waals surface area contributed by atoms with E-state index < -0.39 is 0 Å². The van der Waals surface area contributed by atoms with Gasteiger partial charge < -0.3 is 5.32 Å². The molecule has 1 unspecified atom stereocenters. The molecule has 0 saturated carbocycles. The van der Waals surface area contributed by atoms with Crippen LogP contribution in [0.5, 0.6) is 0 Å². The van der Waals surface area contributed by atoms with Crippen molar-refractivity contribution < 1.29 is 0 Å². The van der Waals surface area contributed by atoms with E-state index in [1.54, 1.807) is 0 Å². The molecule has 74 valence electrons. The fraction of sp³-hybridized carbons (Fsp3) is 0.364. The summed E-state index contributed by atoms with van der Waals surface area (Å²) in [7, 11) is 0. The van der Waals surface area contributed by atoms with Crippen LogP contribution in [0.3, 0.4) is 0 Å². The zero-order chi connectivity index (χ0) is 10.4. The molecule has 0 aliphatic rings. The van der Waals surface area contributed by atoms with Crippen LogP contribution in [0.1, 0.15) is 13.3 Å². The highest BCUT2D eigenvalue weighted by Gasteiger charge is 2.03. The molecular formula is C11H13ClN2. The lowest BCUT2D eigenvalue weighted by molar-refractivity contribution is 0.674. The molecule has 0 saturated heterocycles. The van der Waals surface area contributed by atoms with Crippen LogP contribution in [0, 0.1) is 17.2 Å². The number of hydrogen-bond donors (Lipinski definition) is 1. The summed E-state index contributed by atoms with van der Waals surface area (Å²) in [6, 6.07) is 9.75. The van der Waals surface area contributed by atoms with Crippen LogP contribution in [0.25, 0.3) is 0 Å². The molecule has 0 fully saturated rings. The fourth-order valence-electron chi connectivity index (χ4n) is 1.12. The van der Waals surface area contributed by atoms with E-state index in [0.29, 0.717) is 11.6 Å². The van der Waals surface area contributed by atoms with Crippen LogP contribution < -0.4 is 5.32 Å². The van der Waals surface area contributed by atoms with E-state index in [1.165, 1.54) is 0 Å². The van der Waals surface area contributed by atoms with Crippen LogP contribution in [0.2, 0.25) is 5.02 Å². The lowest BCUT2D eigenvalue weighted by Gasteiger charge is -2.09. The topological polar surface area (TPSA) is 35.8 Å². The van der Waals surface area contributed by atoms with Gasteiger partial charge in [0.25, 0.3) is 0 Å². The molecule has 0 spiro atoms. The average molecular weight is 209 g/mol. The Kier molecular flexibility index (Phi) is 4.28. The molecule has 3 heteroatoms. The summed E-state index contributed by atoms with van der Waals surface area (Å²) in [6.45, 7) is 2.68. The number of nitrogens with one attached hydrogen (secondary N) is 1. The Labute approximate surface area is 89.5 Å². The lowest BCUT2D eigenvalue weighted by atomic mass is 10.1. The summed E-state index contributed by atoms with van der Waals surface area (Å²) in [5.41, 5.74) is 0.964. The number of halogens is 1. The van der Waals surface area contributed by atoms with Crippen molar-refractivity contribution in [2.45, 2.75) is 13.3 Å². The van der Waals surface area contributed by atoms with E-state index in [9.17, 15) is 0 Å². The summed E-state index contributed by atoms with van der Waals surface area (Å²) >= 11 is 5.82. The van der Waals surface area contributed by atoms with Crippen molar-refractivity contribution >= 4 is 17.3 Å². The molecule has 0 aromatic heterocycles. The highest BCUT2D eigenvalue weighted by atomic mass is 35.5. The zero-order valence-electron chi connectivity index (χ0n) is 8.13. The standard InChI is InChI=1S/C11H13ClN2/c1-2-9(7-13)8-14-11-5-3-4-10(12)6-11/h3-6,9,14H,2,8H2,1H3. The van der Waals surface area contributed by atoms with E-state index in [-0.39, 0.29) is 5.92 Å². The Morgan fingerprint density at radius 1 is 1.57 bits per heavy atom. The Morgan fingerprint density at radius 2 is 2.36 bits per heavy atom. The molecule has 1 N–H and O–H groups in total. The minimum absolute atomic E-state index is 0.0639. The maximum Gasteiger partial charge on any atom is 0.0674 e. The van der Waals surface area contributed by atoms with Crippen molar-refractivity contribution in [3.63, 3.8) is 0 Å². The first-order valence-electron chi connectivity index (χ1n) is 4.65. The van der Waals surface area contributed by atoms with Gasteiger partial charge in [-0.2, -0.15) is 5.26 Å². The summed E-state index contributed by atoms with van der Waals surface area (Å²) < 4.78 is 0. The SMILES string of the molecule is CCC(C#N)CNc1cccc(Cl)c1. The second-order valence-electron chi connectivity index (χ2n) is 3.13. The zero-order valence-corrected chi connectivity index (χ0v) is 8.88. The predicted molar refractivity (Wildman–Crippen MR) is 59.3 cm³/mol. The first-order chi connectivity index (χ1) is 6.76. The third-order valence-corrected chi connectivity index (χ3v) is 2.29. The van der Waals surface area contributed by atoms with E-state index in [4.69, 9.17) is 16.9 Å². The van der Waals surface area contributed by atoms with Crippen molar-refractivity contribution in [1.82, 2.24) is 0 Å². The molecule has 1 rings (SSSR count). The molecule has 0 aliphatic carbocycles. The maximum absolute atomic E-state index is 8.74. The Hall–Kier alpha value is -1.20. The van der Waals surface area contributed by atoms with Gasteiger partial charge in [0.05, 0.1) is 12.0 Å². The van der Waals surface area contributed by atoms with Crippen LogP contribution in [0.15, 0.2) is 24.3 Å². The first-order valence-corrected chi connectivity index (χ1v) is 5.03. The van der Waals surface area contributed by atoms with Gasteiger partial charge in [-0.1, -0.05) is 24.6 Å². The number of benzene rings is 1. The maximum atomic E-state index is 8.74. The van der Waals surface area contributed by atoms with Crippen molar-refractivity contribution in [1.29, 1.82) is 5.26 Å². The second kappa shape index (κ2) is 5.51. The van der Waals surface area contributed by atoms with E-state index >= 15 is 0 Å². The third-order valence-electron chi connectivity index (χ3n) is 2.05. The van der Waals surface area contributed by atoms with Gasteiger partial charge in [0.1, 0.15) is 0 Å². The third kappa shape index (κ3) is 3.27. The molecule has 1 aromatic carbocycles. The molecule has 0 bridgehead atoms. The monoisotopic (exact) mass is 208 g/mol. The minimum atomic E-state index is 0.0639. The van der Waals surface area contributed by atoms with Gasteiger partial charge >= 0.3 is 0 Å². The van der Waals surface area contributed by atoms with Gasteiger partial charge in [-0.05, 0) is 24.6 Å². The number of nitrogens with zero attached hydrogens (tertiary/aromatic N) is 1. The average Bonchev–Trinajstić information content (AvgIpc) is 2.19. The van der Waals surface area contributed by atoms with E-state index in [2.05, 4.69) is 11.4 Å². The predicted octanol–water partition coefficient (Wildman–Crippen LogP) is 3.30. The van der Waals surface area contributed by atoms with Crippen molar-refractivity contribution in [2.24, 2.45) is 5.92 Å². The smallest absolute Gasteiger partial charge is 0.0674 e. The van der Waals surface area contributed by atoms with E-state index in [1.807, 2.05) is 31.2 Å². The number of nitriles is 1. The molecular weight excluding hydrogens is 196 g/mol. The minimum Gasteiger partial charge on any atom is -0.384 e. The van der Waals surface area contributed by atoms with Gasteiger partial charge in [0, 0.05) is 17.3 Å². The second-order valence-corrected chi connectivity index (χ2v) is 3.56. The molecule has 2 nitrogen and oxygen atoms in total. The Bertz CT molecular complexity index is 330. The molecule has 0 heterocycles. The van der Waals surface area contributed by atoms with Crippen LogP contribution in [0.4, 0.5) is 5.69 Å². The molecule has 1 aromatic rings. The summed E-state index contributed by atoms with van der Waals surface area (Å²) in [5.74, 6) is 0.0639. The van der Waals surface area contributed by atoms with Gasteiger partial charge in [0.15, 0.2) is 0 Å². The van der Waals surface area contributed by atoms with Crippen LogP contribution >= 0.6 is 11.6 Å². The van der Waals surface area contributed by atoms with Gasteiger partial charge in [-0.15, -0.1) is 0 Å². The van der Waals surface area contributed by atoms with Crippen molar-refractivity contribution in [2.75, 3.05) is 11.9 Å². The summed E-state index contributed by atoms with van der Waals surface area (Å²) in [6.07, 6.45) is 0.865. The Balaban J connectivity index is 2.50. The number of rotatable bonds is 4. The quantitative estimate of drug-likeness (QED) is 0.824. The lowest BCUT2D eigenvalue weighted by Crippen LogP contribution is -2.11. The number of anilines is 1. The normalized spacial score (nSPS) is 11.8. The fourth-order valence-corrected chi connectivity index (χ4v) is 1.31. The Morgan fingerprint density at radius 3 is 2.93 bits per heavy atom. The van der Waals surface area contributed by atoms with Crippen molar-refractivity contribution in [3.8, 4) is 6.07 Å². The van der Waals surface area contributed by atoms with Gasteiger partial charge in [-0.3, -0.25) is 0 Å².